The van der Waals surface area contributed by atoms with Gasteiger partial charge < -0.3 is 15.3 Å². The molecule has 2 N–H and O–H groups in total. The van der Waals surface area contributed by atoms with E-state index in [1.165, 1.54) is 0 Å². The quantitative estimate of drug-likeness (QED) is 0.841. The van der Waals surface area contributed by atoms with Crippen LogP contribution < -0.4 is 5.32 Å². The number of carbonyl (C=O) groups excluding carboxylic acids is 2. The van der Waals surface area contributed by atoms with Crippen molar-refractivity contribution >= 4 is 23.5 Å². The monoisotopic (exact) mass is 304 g/mol. The number of nitrogens with zero attached hydrogens (tertiary/aromatic N) is 1. The second kappa shape index (κ2) is 7.59. The fourth-order valence-corrected chi connectivity index (χ4v) is 2.44. The van der Waals surface area contributed by atoms with Gasteiger partial charge in [-0.1, -0.05) is 12.1 Å². The summed E-state index contributed by atoms with van der Waals surface area (Å²) >= 11 is 0. The van der Waals surface area contributed by atoms with Crippen LogP contribution in [0.1, 0.15) is 37.7 Å². The first-order chi connectivity index (χ1) is 10.5. The van der Waals surface area contributed by atoms with Gasteiger partial charge in [0.1, 0.15) is 0 Å². The summed E-state index contributed by atoms with van der Waals surface area (Å²) in [7, 11) is 0. The second-order valence-corrected chi connectivity index (χ2v) is 5.41. The van der Waals surface area contributed by atoms with Crippen molar-refractivity contribution in [2.45, 2.75) is 38.6 Å². The van der Waals surface area contributed by atoms with Crippen molar-refractivity contribution in [1.29, 1.82) is 0 Å². The number of nitrogens with one attached hydrogen (secondary N) is 1. The van der Waals surface area contributed by atoms with E-state index in [0.717, 1.165) is 24.9 Å². The van der Waals surface area contributed by atoms with Gasteiger partial charge in [0, 0.05) is 31.6 Å². The molecule has 2 rings (SSSR count). The molecule has 0 aliphatic carbocycles. The fraction of sp³-hybridized carbons (Fsp3) is 0.438. The molecular formula is C16H20N2O4. The molecule has 1 aliphatic heterocycles. The lowest BCUT2D eigenvalue weighted by Crippen LogP contribution is -2.34. The minimum absolute atomic E-state index is 0.0514. The van der Waals surface area contributed by atoms with Crippen LogP contribution in [-0.4, -0.2) is 34.3 Å². The van der Waals surface area contributed by atoms with E-state index >= 15 is 0 Å². The van der Waals surface area contributed by atoms with Gasteiger partial charge in [-0.25, -0.2) is 0 Å². The summed E-state index contributed by atoms with van der Waals surface area (Å²) in [4.78, 5) is 35.7. The Balaban J connectivity index is 1.93. The lowest BCUT2D eigenvalue weighted by Gasteiger charge is -2.26. The van der Waals surface area contributed by atoms with Crippen LogP contribution in [0.2, 0.25) is 0 Å². The van der Waals surface area contributed by atoms with Crippen LogP contribution in [0.4, 0.5) is 5.69 Å². The Morgan fingerprint density at radius 3 is 2.77 bits per heavy atom. The minimum atomic E-state index is -0.993. The van der Waals surface area contributed by atoms with Crippen molar-refractivity contribution in [2.75, 3.05) is 11.9 Å². The van der Waals surface area contributed by atoms with Crippen LogP contribution in [-0.2, 0) is 20.9 Å². The van der Waals surface area contributed by atoms with Gasteiger partial charge in [-0.3, -0.25) is 14.4 Å². The van der Waals surface area contributed by atoms with E-state index in [2.05, 4.69) is 5.32 Å². The molecule has 0 atom stereocenters. The Kier molecular flexibility index (Phi) is 5.52. The molecule has 0 radical (unpaired) electrons. The molecule has 0 unspecified atom stereocenters. The van der Waals surface area contributed by atoms with Crippen molar-refractivity contribution in [3.05, 3.63) is 29.8 Å². The number of carbonyl (C=O) groups is 3. The summed E-state index contributed by atoms with van der Waals surface area (Å²) in [5, 5.41) is 11.2. The first-order valence-electron chi connectivity index (χ1n) is 7.43. The number of carboxylic acid groups (broad SMARTS) is 1. The van der Waals surface area contributed by atoms with Crippen LogP contribution >= 0.6 is 0 Å². The minimum Gasteiger partial charge on any atom is -0.481 e. The highest BCUT2D eigenvalue weighted by atomic mass is 16.4. The van der Waals surface area contributed by atoms with Gasteiger partial charge in [-0.2, -0.15) is 0 Å². The van der Waals surface area contributed by atoms with Crippen molar-refractivity contribution in [2.24, 2.45) is 0 Å². The predicted octanol–water partition coefficient (Wildman–Crippen LogP) is 2.00. The number of aliphatic carboxylic acids is 1. The third kappa shape index (κ3) is 4.87. The Bertz CT molecular complexity index is 571. The van der Waals surface area contributed by atoms with E-state index in [0.29, 0.717) is 18.7 Å². The van der Waals surface area contributed by atoms with Gasteiger partial charge >= 0.3 is 5.97 Å². The summed E-state index contributed by atoms with van der Waals surface area (Å²) < 4.78 is 0. The summed E-state index contributed by atoms with van der Waals surface area (Å²) in [6.07, 6.45) is 2.34. The van der Waals surface area contributed by atoms with Crippen molar-refractivity contribution < 1.29 is 19.5 Å². The van der Waals surface area contributed by atoms with Gasteiger partial charge in [0.05, 0.1) is 6.42 Å². The molecule has 1 heterocycles. The van der Waals surface area contributed by atoms with E-state index in [1.54, 1.807) is 6.07 Å². The SMILES string of the molecule is O=C(O)CCC(=O)Nc1cccc(CN2CCCCC2=O)c1. The standard InChI is InChI=1S/C16H20N2O4/c19-14(7-8-16(21)22)17-13-5-3-4-12(10-13)11-18-9-2-1-6-15(18)20/h3-5,10H,1-2,6-9,11H2,(H,17,19)(H,21,22). The summed E-state index contributed by atoms with van der Waals surface area (Å²) in [6.45, 7) is 1.31. The zero-order chi connectivity index (χ0) is 15.9. The molecule has 1 aromatic carbocycles. The molecule has 1 fully saturated rings. The van der Waals surface area contributed by atoms with E-state index in [-0.39, 0.29) is 24.7 Å². The lowest BCUT2D eigenvalue weighted by atomic mass is 10.1. The highest BCUT2D eigenvalue weighted by Crippen LogP contribution is 2.17. The number of hydrogen-bond acceptors (Lipinski definition) is 3. The van der Waals surface area contributed by atoms with Gasteiger partial charge in [0.2, 0.25) is 11.8 Å². The number of hydrogen-bond donors (Lipinski definition) is 2. The Labute approximate surface area is 129 Å². The molecule has 118 valence electrons. The number of carboxylic acids is 1. The molecule has 0 saturated carbocycles. The molecule has 6 nitrogen and oxygen atoms in total. The smallest absolute Gasteiger partial charge is 0.303 e. The van der Waals surface area contributed by atoms with Crippen LogP contribution in [0.15, 0.2) is 24.3 Å². The molecule has 1 saturated heterocycles. The zero-order valence-corrected chi connectivity index (χ0v) is 12.4. The van der Waals surface area contributed by atoms with Gasteiger partial charge in [0.25, 0.3) is 0 Å². The predicted molar refractivity (Wildman–Crippen MR) is 81.2 cm³/mol. The molecule has 6 heteroatoms. The second-order valence-electron chi connectivity index (χ2n) is 5.41. The van der Waals surface area contributed by atoms with Crippen LogP contribution in [0.3, 0.4) is 0 Å². The highest BCUT2D eigenvalue weighted by molar-refractivity contribution is 5.92. The molecule has 1 aromatic rings. The van der Waals surface area contributed by atoms with Crippen LogP contribution in [0.25, 0.3) is 0 Å². The Morgan fingerprint density at radius 1 is 1.23 bits per heavy atom. The largest absolute Gasteiger partial charge is 0.481 e. The van der Waals surface area contributed by atoms with Gasteiger partial charge in [0.15, 0.2) is 0 Å². The summed E-state index contributed by atoms with van der Waals surface area (Å²) in [5.74, 6) is -1.15. The number of amides is 2. The normalized spacial score (nSPS) is 14.7. The Hall–Kier alpha value is -2.37. The van der Waals surface area contributed by atoms with Gasteiger partial charge in [-0.15, -0.1) is 0 Å². The average Bonchev–Trinajstić information content (AvgIpc) is 2.48. The maximum atomic E-state index is 11.8. The van der Waals surface area contributed by atoms with E-state index < -0.39 is 5.97 Å². The first kappa shape index (κ1) is 16.0. The number of rotatable bonds is 6. The van der Waals surface area contributed by atoms with Gasteiger partial charge in [-0.05, 0) is 30.5 Å². The number of piperidine rings is 1. The van der Waals surface area contributed by atoms with E-state index in [1.807, 2.05) is 23.1 Å². The first-order valence-corrected chi connectivity index (χ1v) is 7.43. The topological polar surface area (TPSA) is 86.7 Å². The maximum absolute atomic E-state index is 11.8. The van der Waals surface area contributed by atoms with Crippen LogP contribution in [0.5, 0.6) is 0 Å². The zero-order valence-electron chi connectivity index (χ0n) is 12.4. The number of anilines is 1. The van der Waals surface area contributed by atoms with E-state index in [9.17, 15) is 14.4 Å². The number of benzene rings is 1. The molecule has 0 spiro atoms. The van der Waals surface area contributed by atoms with Crippen LogP contribution in [0, 0.1) is 0 Å². The average molecular weight is 304 g/mol. The summed E-state index contributed by atoms with van der Waals surface area (Å²) in [5.41, 5.74) is 1.57. The van der Waals surface area contributed by atoms with Crippen molar-refractivity contribution in [3.63, 3.8) is 0 Å². The molecular weight excluding hydrogens is 284 g/mol. The third-order valence-corrected chi connectivity index (χ3v) is 3.57. The summed E-state index contributed by atoms with van der Waals surface area (Å²) in [6, 6.07) is 7.30. The van der Waals surface area contributed by atoms with E-state index in [4.69, 9.17) is 5.11 Å². The maximum Gasteiger partial charge on any atom is 0.303 e. The Morgan fingerprint density at radius 2 is 2.05 bits per heavy atom. The fourth-order valence-electron chi connectivity index (χ4n) is 2.44. The third-order valence-electron chi connectivity index (χ3n) is 3.57. The van der Waals surface area contributed by atoms with Crippen molar-refractivity contribution in [3.8, 4) is 0 Å². The highest BCUT2D eigenvalue weighted by Gasteiger charge is 2.18. The van der Waals surface area contributed by atoms with Crippen molar-refractivity contribution in [1.82, 2.24) is 4.90 Å². The molecule has 1 aliphatic rings. The molecule has 0 bridgehead atoms. The number of likely N-dealkylation sites (tertiary alicyclic amines) is 1. The molecule has 22 heavy (non-hydrogen) atoms. The molecule has 0 aromatic heterocycles. The lowest BCUT2D eigenvalue weighted by molar-refractivity contribution is -0.138. The molecule has 2 amide bonds.